The Morgan fingerprint density at radius 3 is 0.942 bits per heavy atom. The van der Waals surface area contributed by atoms with Crippen molar-refractivity contribution in [3.8, 4) is 0 Å². The summed E-state index contributed by atoms with van der Waals surface area (Å²) in [5.41, 5.74) is 19.5. The minimum Gasteiger partial charge on any atom is -0.353 e. The van der Waals surface area contributed by atoms with E-state index in [4.69, 9.17) is 16.5 Å². The molecule has 13 heterocycles. The van der Waals surface area contributed by atoms with E-state index < -0.39 is 163 Å². The van der Waals surface area contributed by atoms with Gasteiger partial charge in [-0.05, 0) is 299 Å². The van der Waals surface area contributed by atoms with Gasteiger partial charge in [-0.25, -0.2) is 10.4 Å². The molecule has 139 heavy (non-hydrogen) atoms. The summed E-state index contributed by atoms with van der Waals surface area (Å²) in [7, 11) is 16.7. The van der Waals surface area contributed by atoms with E-state index in [-0.39, 0.29) is 123 Å². The van der Waals surface area contributed by atoms with E-state index >= 15 is 0 Å². The quantitative estimate of drug-likeness (QED) is 0.131. The average molecular weight is 2440 g/mol. The molecule has 38 nitrogen and oxygen atoms in total. The van der Waals surface area contributed by atoms with Crippen molar-refractivity contribution in [3.05, 3.63) is 0 Å². The molecule has 13 fully saturated rings. The lowest BCUT2D eigenvalue weighted by Gasteiger charge is -2.64. The van der Waals surface area contributed by atoms with Crippen LogP contribution in [0.3, 0.4) is 0 Å². The Morgan fingerprint density at radius 1 is 0.468 bits per heavy atom. The zero-order valence-electron chi connectivity index (χ0n) is 97.3. The highest BCUT2D eigenvalue weighted by Crippen LogP contribution is 2.35. The molecule has 0 amide bonds. The van der Waals surface area contributed by atoms with Gasteiger partial charge in [0, 0.05) is 52.6 Å². The lowest BCUT2D eigenvalue weighted by molar-refractivity contribution is 0.134. The lowest BCUT2D eigenvalue weighted by atomic mass is 10.2. The van der Waals surface area contributed by atoms with Crippen LogP contribution in [0.1, 0.15) is 92.0 Å². The first-order chi connectivity index (χ1) is 60.2. The van der Waals surface area contributed by atoms with Crippen LogP contribution in [0.2, 0.25) is 233 Å². The van der Waals surface area contributed by atoms with E-state index in [1.54, 1.807) is 0 Å². The Labute approximate surface area is 911 Å². The van der Waals surface area contributed by atoms with Gasteiger partial charge in [-0.2, -0.15) is 0 Å². The van der Waals surface area contributed by atoms with Gasteiger partial charge in [-0.3, -0.25) is 61.2 Å². The van der Waals surface area contributed by atoms with E-state index in [2.05, 4.69) is 523 Å². The van der Waals surface area contributed by atoms with Gasteiger partial charge in [0.15, 0.2) is 164 Å². The van der Waals surface area contributed by atoms with Gasteiger partial charge in [0.25, 0.3) is 0 Å². The van der Waals surface area contributed by atoms with Crippen LogP contribution in [0.5, 0.6) is 0 Å². The van der Waals surface area contributed by atoms with Crippen LogP contribution in [-0.2, 0) is 0 Å². The predicted octanol–water partition coefficient (Wildman–Crippen LogP) is -2.38. The molecule has 852 valence electrons. The van der Waals surface area contributed by atoms with E-state index in [0.29, 0.717) is 12.1 Å². The summed E-state index contributed by atoms with van der Waals surface area (Å²) in [5.74, 6) is 0. The number of hydrogen-bond acceptors (Lipinski definition) is 38. The molecule has 0 bridgehead atoms. The third-order valence-corrected chi connectivity index (χ3v) is 136. The number of hydrogen-bond donors (Lipinski definition) is 22. The van der Waals surface area contributed by atoms with Crippen molar-refractivity contribution >= 4 is 241 Å². The Hall–Kier alpha value is 4.34. The molecule has 0 aliphatic carbocycles. The maximum absolute atomic E-state index is 6.01. The molecule has 0 aromatic rings. The van der Waals surface area contributed by atoms with E-state index in [1.165, 1.54) is 43.9 Å². The number of nitrogens with one attached hydrogen (secondary N) is 19. The molecule has 0 saturated carbocycles. The number of rotatable bonds is 3. The third kappa shape index (κ3) is 69.2. The average Bonchev–Trinajstić information content (AvgIpc) is 1.49. The van der Waals surface area contributed by atoms with Crippen molar-refractivity contribution in [2.45, 2.75) is 337 Å². The van der Waals surface area contributed by atoms with Crippen molar-refractivity contribution in [3.63, 3.8) is 0 Å². The SMILES string of the molecule is C.C.C.C.C.C.C1C[SiH2]NN1.C1N[SiH2]N[SiH2]N1.CC(C)[SiH](C)N.CC1CC(C)NN1.CCCN.CN1CC[SiH2]N1C.CN1CN(C)N(C)[SiH2]1.CN1CN(C)[SiH2]N(C)[SiH2]1.CN1CNN[SiH2]1.CN1[SiH](C)N(C)[SiH](C)N(C)[SiH]1C.CN1[Si](C)(C)N(C)[Si](C)(C)N(C)[Si]1(C)C.CN1[Si](C)(C)NN[Si]1(C)C.C[SiH]1N[SiH](C)N[SiH](C)N1.C[Si](C)(C)[Si](C)(C)N.C[Si]1(C)C[Si](C)(C)NN1.C[Si]1(C)N[Si](C)(C)N[Si](C)(C)N1. The van der Waals surface area contributed by atoms with Crippen LogP contribution in [-0.4, -0.2) is 484 Å². The number of hydrazine groups is 7. The van der Waals surface area contributed by atoms with Gasteiger partial charge in [0.1, 0.15) is 52.5 Å². The molecule has 25 N–H and O–H groups in total. The highest BCUT2D eigenvalue weighted by molar-refractivity contribution is 7.39. The fourth-order valence-electron chi connectivity index (χ4n) is 16.4. The fourth-order valence-corrected chi connectivity index (χ4v) is 119. The maximum Gasteiger partial charge on any atom is 0.204 e. The number of nitrogens with zero attached hydrogens (tertiary/aromatic N) is 16. The molecule has 65 heteroatoms. The molecular formula is C74H258N38Si27. The maximum atomic E-state index is 6.01. The van der Waals surface area contributed by atoms with Gasteiger partial charge >= 0.3 is 0 Å². The van der Waals surface area contributed by atoms with E-state index in [9.17, 15) is 0 Å². The van der Waals surface area contributed by atoms with Crippen molar-refractivity contribution in [1.82, 2.24) is 166 Å². The van der Waals surface area contributed by atoms with Crippen LogP contribution in [0.25, 0.3) is 0 Å². The van der Waals surface area contributed by atoms with E-state index in [0.717, 1.165) is 38.5 Å². The predicted molar refractivity (Wildman–Crippen MR) is 709 cm³/mol. The molecule has 3 unspecified atom stereocenters. The Kier molecular flexibility index (Phi) is 88.1. The molecule has 0 radical (unpaired) electrons. The summed E-state index contributed by atoms with van der Waals surface area (Å²) in [6, 6.07) is 4.21. The molecule has 13 aliphatic heterocycles. The van der Waals surface area contributed by atoms with Crippen molar-refractivity contribution < 1.29 is 0 Å². The largest absolute Gasteiger partial charge is 0.353 e. The van der Waals surface area contributed by atoms with Gasteiger partial charge in [0.2, 0.25) is 16.8 Å². The monoisotopic (exact) mass is 2440 g/mol. The molecule has 13 rings (SSSR count). The Morgan fingerprint density at radius 2 is 0.806 bits per heavy atom. The van der Waals surface area contributed by atoms with Crippen molar-refractivity contribution in [1.29, 1.82) is 0 Å². The molecule has 0 aromatic carbocycles. The van der Waals surface area contributed by atoms with Crippen LogP contribution in [0.4, 0.5) is 0 Å². The first-order valence-corrected chi connectivity index (χ1v) is 115. The first-order valence-electron chi connectivity index (χ1n) is 50.1. The molecule has 0 spiro atoms. The third-order valence-electron chi connectivity index (χ3n) is 27.1. The Balaban J connectivity index is -0.000000186. The zero-order valence-corrected chi connectivity index (χ0v) is 129. The lowest BCUT2D eigenvalue weighted by Crippen LogP contribution is -2.87. The van der Waals surface area contributed by atoms with Crippen LogP contribution >= 0.6 is 0 Å². The molecule has 3 atom stereocenters. The standard InChI is InChI=1S/C9H27N3Si3.2C6H21N3Si3.C5H17N3Si2.C5H16N2Si2.C5H12N2.C5H17NSi2.C4H15N3Si2.C4H13N3Si.C4H12N2Si.C4H13NSi.C3H15N3Si3.C3H9N.C2H9N3Si.C2H8N2Si.CH9N3Si2.6CH4/c1-10-13(4,5)11(2)15(8,9)12(3)14(10,6)7;1-10(2)7-11(3,4)9-12(5,6)8-10;1-7-10(4)8(2)12(6)9(3)11(7)5;1-8-9(2,3)6-7-10(8,4)5;1-8(2)5-9(3,4)7-6-8;1-4-3-5(2)7-6-4;1-7(2,3)8(4,5)6;1-5-4-6(2)9-7(3)8-5;1-5-4-6(2)8-7(5)3;1-5-3-4-7-6(5)2;1-4(2)6(3)5;1-7-4-8(2)6-9(3)5-7;1-2-3-4;1-5-2-3-4-6-5;1-2-5-4-3-1;1-2-5-4-6-3-1;;;;;;/h1-9H3;7-9H,1-6H3;10-12H,1-6H3;6-7H,1-5H3;6-7H,5H2,1-4H3;4-7H,3H2,1-2H3;6H2,1-5H3;4,8-9H2,1-3H3;4,8H2,1-3H3;3-4,7H2,1-2H3;4,6H,5H2,1-3H3;4-9H,1-3H3;2-4H2,1H3;3-4H,2,6H2,1H3;3-4H,1-2,5H2;2-4H,1,5-6H2;6*1H4. The minimum absolute atomic E-state index is 0. The highest BCUT2D eigenvalue weighted by atomic mass is 29.3. The van der Waals surface area contributed by atoms with Crippen molar-refractivity contribution in [2.75, 3.05) is 159 Å². The minimum atomic E-state index is -1.36. The first kappa shape index (κ1) is 161. The van der Waals surface area contributed by atoms with Crippen LogP contribution < -0.4 is 111 Å². The zero-order chi connectivity index (χ0) is 105. The highest BCUT2D eigenvalue weighted by Gasteiger charge is 2.57. The topological polar surface area (TPSA) is 358 Å². The van der Waals surface area contributed by atoms with E-state index in [1.807, 2.05) is 0 Å². The van der Waals surface area contributed by atoms with Crippen LogP contribution in [0.15, 0.2) is 0 Å². The van der Waals surface area contributed by atoms with Gasteiger partial charge < -0.3 is 111 Å². The molecule has 13 aliphatic rings. The molecule has 13 saturated heterocycles. The van der Waals surface area contributed by atoms with Crippen molar-refractivity contribution in [2.24, 2.45) is 16.5 Å². The summed E-state index contributed by atoms with van der Waals surface area (Å²) >= 11 is 0. The van der Waals surface area contributed by atoms with Gasteiger partial charge in [-0.15, -0.1) is 0 Å². The summed E-state index contributed by atoms with van der Waals surface area (Å²) in [6.45, 7) is 94.4. The normalized spacial score (nSPS) is 29.8. The summed E-state index contributed by atoms with van der Waals surface area (Å²) in [4.78, 5) is 6.47. The summed E-state index contributed by atoms with van der Waals surface area (Å²) in [6.07, 6.45) is 2.35. The number of nitrogens with two attached hydrogens (primary N) is 3. The van der Waals surface area contributed by atoms with Crippen LogP contribution in [0, 0.1) is 0 Å². The summed E-state index contributed by atoms with van der Waals surface area (Å²) in [5, 5.41) is 36.0. The Bertz CT molecular complexity index is 2650. The fraction of sp³-hybridized carbons (Fsp3) is 1.00. The second-order valence-corrected chi connectivity index (χ2v) is 147. The second kappa shape index (κ2) is 76.1. The molecule has 0 aromatic heterocycles. The summed E-state index contributed by atoms with van der Waals surface area (Å²) < 4.78 is 61.1. The van der Waals surface area contributed by atoms with Gasteiger partial charge in [0.05, 0.1) is 20.9 Å². The molecular weight excluding hydrogens is 2180 g/mol. The smallest absolute Gasteiger partial charge is 0.204 e. The van der Waals surface area contributed by atoms with Gasteiger partial charge in [-0.1, -0.05) is 131 Å². The second-order valence-electron chi connectivity index (χ2n) is 46.9.